The van der Waals surface area contributed by atoms with Gasteiger partial charge in [0.25, 0.3) is 0 Å². The van der Waals surface area contributed by atoms with Crippen molar-refractivity contribution in [3.8, 4) is 0 Å². The van der Waals surface area contributed by atoms with Crippen LogP contribution >= 0.6 is 0 Å². The second kappa shape index (κ2) is 5.40. The van der Waals surface area contributed by atoms with Crippen LogP contribution in [0.4, 0.5) is 0 Å². The standard InChI is InChI=1S/C17H18N4/c1-12-20-14-9-5-6-10-15(14)21(12)16(11-17(18)19)13-7-3-2-4-8-13/h2-10,16H,11H2,1H3,(H3,18,19). The van der Waals surface area contributed by atoms with E-state index in [2.05, 4.69) is 27.8 Å². The average Bonchev–Trinajstić information content (AvgIpc) is 2.81. The molecule has 3 N–H and O–H groups in total. The van der Waals surface area contributed by atoms with Crippen LogP contribution in [0.2, 0.25) is 0 Å². The first-order valence-corrected chi connectivity index (χ1v) is 6.98. The number of nitrogens with zero attached hydrogens (tertiary/aromatic N) is 2. The molecule has 0 aliphatic carbocycles. The van der Waals surface area contributed by atoms with Gasteiger partial charge in [-0.05, 0) is 24.6 Å². The van der Waals surface area contributed by atoms with Crippen molar-refractivity contribution in [3.05, 3.63) is 66.0 Å². The molecule has 3 aromatic rings. The average molecular weight is 278 g/mol. The predicted octanol–water partition coefficient (Wildman–Crippen LogP) is 3.26. The van der Waals surface area contributed by atoms with Crippen molar-refractivity contribution in [3.63, 3.8) is 0 Å². The summed E-state index contributed by atoms with van der Waals surface area (Å²) in [5.74, 6) is 1.12. The lowest BCUT2D eigenvalue weighted by Crippen LogP contribution is -2.20. The molecule has 4 nitrogen and oxygen atoms in total. The zero-order valence-corrected chi connectivity index (χ0v) is 12.0. The van der Waals surface area contributed by atoms with Crippen LogP contribution in [-0.2, 0) is 0 Å². The Morgan fingerprint density at radius 2 is 1.81 bits per heavy atom. The molecule has 0 saturated heterocycles. The number of para-hydroxylation sites is 2. The lowest BCUT2D eigenvalue weighted by atomic mass is 10.0. The molecule has 0 aliphatic heterocycles. The highest BCUT2D eigenvalue weighted by Crippen LogP contribution is 2.28. The summed E-state index contributed by atoms with van der Waals surface area (Å²) in [6.07, 6.45) is 0.477. The molecule has 106 valence electrons. The Bertz CT molecular complexity index is 774. The third-order valence-electron chi connectivity index (χ3n) is 3.68. The van der Waals surface area contributed by atoms with Crippen LogP contribution < -0.4 is 5.73 Å². The fourth-order valence-electron chi connectivity index (χ4n) is 2.80. The second-order valence-corrected chi connectivity index (χ2v) is 5.17. The Morgan fingerprint density at radius 1 is 1.14 bits per heavy atom. The Morgan fingerprint density at radius 3 is 2.52 bits per heavy atom. The highest BCUT2D eigenvalue weighted by atomic mass is 15.1. The summed E-state index contributed by atoms with van der Waals surface area (Å²) in [7, 11) is 0. The summed E-state index contributed by atoms with van der Waals surface area (Å²) >= 11 is 0. The maximum atomic E-state index is 7.70. The van der Waals surface area contributed by atoms with Gasteiger partial charge in [-0.25, -0.2) is 4.98 Å². The Balaban J connectivity index is 2.19. The molecule has 0 bridgehead atoms. The fraction of sp³-hybridized carbons (Fsp3) is 0.176. The summed E-state index contributed by atoms with van der Waals surface area (Å²) in [4.78, 5) is 4.62. The lowest BCUT2D eigenvalue weighted by Gasteiger charge is -2.21. The van der Waals surface area contributed by atoms with Crippen LogP contribution in [0.5, 0.6) is 0 Å². The number of imidazole rings is 1. The van der Waals surface area contributed by atoms with Crippen LogP contribution in [-0.4, -0.2) is 15.4 Å². The lowest BCUT2D eigenvalue weighted by molar-refractivity contribution is 0.602. The molecule has 21 heavy (non-hydrogen) atoms. The van der Waals surface area contributed by atoms with E-state index in [9.17, 15) is 0 Å². The normalized spacial score (nSPS) is 12.4. The van der Waals surface area contributed by atoms with Crippen LogP contribution in [0.25, 0.3) is 11.0 Å². The van der Waals surface area contributed by atoms with Crippen molar-refractivity contribution >= 4 is 16.9 Å². The molecule has 1 unspecified atom stereocenters. The molecule has 0 fully saturated rings. The number of rotatable bonds is 4. The van der Waals surface area contributed by atoms with Gasteiger partial charge in [-0.15, -0.1) is 0 Å². The SMILES string of the molecule is Cc1nc2ccccc2n1C(CC(=N)N)c1ccccc1. The number of nitrogens with two attached hydrogens (primary N) is 1. The first kappa shape index (κ1) is 13.4. The van der Waals surface area contributed by atoms with Gasteiger partial charge in [0, 0.05) is 6.42 Å². The summed E-state index contributed by atoms with van der Waals surface area (Å²) in [5.41, 5.74) is 8.86. The predicted molar refractivity (Wildman–Crippen MR) is 85.6 cm³/mol. The van der Waals surface area contributed by atoms with Gasteiger partial charge in [0.2, 0.25) is 0 Å². The first-order valence-electron chi connectivity index (χ1n) is 6.98. The molecule has 0 amide bonds. The van der Waals surface area contributed by atoms with E-state index in [0.717, 1.165) is 22.4 Å². The largest absolute Gasteiger partial charge is 0.388 e. The van der Waals surface area contributed by atoms with Crippen molar-refractivity contribution < 1.29 is 0 Å². The number of benzene rings is 2. The molecule has 2 aromatic carbocycles. The van der Waals surface area contributed by atoms with Crippen molar-refractivity contribution in [2.45, 2.75) is 19.4 Å². The smallest absolute Gasteiger partial charge is 0.107 e. The minimum Gasteiger partial charge on any atom is -0.388 e. The Kier molecular flexibility index (Phi) is 3.44. The number of aromatic nitrogens is 2. The van der Waals surface area contributed by atoms with E-state index < -0.39 is 0 Å². The van der Waals surface area contributed by atoms with E-state index in [1.54, 1.807) is 0 Å². The molecule has 0 saturated carbocycles. The molecule has 0 radical (unpaired) electrons. The van der Waals surface area contributed by atoms with Crippen LogP contribution in [0, 0.1) is 12.3 Å². The zero-order chi connectivity index (χ0) is 14.8. The highest BCUT2D eigenvalue weighted by molar-refractivity contribution is 5.79. The zero-order valence-electron chi connectivity index (χ0n) is 12.0. The van der Waals surface area contributed by atoms with Gasteiger partial charge in [-0.1, -0.05) is 42.5 Å². The van der Waals surface area contributed by atoms with Crippen molar-refractivity contribution in [1.29, 1.82) is 5.41 Å². The topological polar surface area (TPSA) is 67.7 Å². The van der Waals surface area contributed by atoms with E-state index >= 15 is 0 Å². The van der Waals surface area contributed by atoms with E-state index in [0.29, 0.717) is 6.42 Å². The number of aryl methyl sites for hydroxylation is 1. The minimum atomic E-state index is -0.00361. The van der Waals surface area contributed by atoms with Gasteiger partial charge in [0.15, 0.2) is 0 Å². The number of hydrogen-bond acceptors (Lipinski definition) is 2. The third-order valence-corrected chi connectivity index (χ3v) is 3.68. The molecule has 3 rings (SSSR count). The molecule has 1 aromatic heterocycles. The third kappa shape index (κ3) is 2.52. The molecule has 0 spiro atoms. The maximum absolute atomic E-state index is 7.70. The highest BCUT2D eigenvalue weighted by Gasteiger charge is 2.19. The molecule has 4 heteroatoms. The summed E-state index contributed by atoms with van der Waals surface area (Å²) in [5, 5.41) is 7.70. The summed E-state index contributed by atoms with van der Waals surface area (Å²) in [6, 6.07) is 18.2. The van der Waals surface area contributed by atoms with Gasteiger partial charge >= 0.3 is 0 Å². The summed E-state index contributed by atoms with van der Waals surface area (Å²) < 4.78 is 2.17. The molecule has 1 atom stereocenters. The van der Waals surface area contributed by atoms with E-state index in [1.165, 1.54) is 0 Å². The van der Waals surface area contributed by atoms with Crippen molar-refractivity contribution in [2.24, 2.45) is 5.73 Å². The van der Waals surface area contributed by atoms with Gasteiger partial charge in [0.05, 0.1) is 22.9 Å². The van der Waals surface area contributed by atoms with Crippen LogP contribution in [0.3, 0.4) is 0 Å². The van der Waals surface area contributed by atoms with Crippen LogP contribution in [0.15, 0.2) is 54.6 Å². The molecular weight excluding hydrogens is 260 g/mol. The van der Waals surface area contributed by atoms with E-state index in [1.807, 2.05) is 43.3 Å². The summed E-state index contributed by atoms with van der Waals surface area (Å²) in [6.45, 7) is 2.00. The Labute approximate surface area is 123 Å². The molecular formula is C17H18N4. The van der Waals surface area contributed by atoms with Gasteiger partial charge in [-0.3, -0.25) is 5.41 Å². The monoisotopic (exact) mass is 278 g/mol. The van der Waals surface area contributed by atoms with E-state index in [4.69, 9.17) is 11.1 Å². The van der Waals surface area contributed by atoms with Gasteiger partial charge in [-0.2, -0.15) is 0 Å². The van der Waals surface area contributed by atoms with Crippen molar-refractivity contribution in [1.82, 2.24) is 9.55 Å². The van der Waals surface area contributed by atoms with Gasteiger partial charge < -0.3 is 10.3 Å². The number of nitrogens with one attached hydrogen (secondary N) is 1. The molecule has 0 aliphatic rings. The van der Waals surface area contributed by atoms with Crippen LogP contribution in [0.1, 0.15) is 23.9 Å². The second-order valence-electron chi connectivity index (χ2n) is 5.17. The quantitative estimate of drug-likeness (QED) is 0.568. The number of hydrogen-bond donors (Lipinski definition) is 2. The van der Waals surface area contributed by atoms with E-state index in [-0.39, 0.29) is 11.9 Å². The number of fused-ring (bicyclic) bond motifs is 1. The van der Waals surface area contributed by atoms with Gasteiger partial charge in [0.1, 0.15) is 5.82 Å². The Hall–Kier alpha value is -2.62. The minimum absolute atomic E-state index is 0.00361. The first-order chi connectivity index (χ1) is 10.2. The number of amidine groups is 1. The fourth-order valence-corrected chi connectivity index (χ4v) is 2.80. The molecule has 1 heterocycles. The van der Waals surface area contributed by atoms with Crippen molar-refractivity contribution in [2.75, 3.05) is 0 Å². The maximum Gasteiger partial charge on any atom is 0.107 e.